The van der Waals surface area contributed by atoms with Gasteiger partial charge in [0.25, 0.3) is 0 Å². The molecule has 63 heavy (non-hydrogen) atoms. The molecule has 4 aromatic rings. The van der Waals surface area contributed by atoms with Crippen LogP contribution in [0.1, 0.15) is 57.7 Å². The minimum absolute atomic E-state index is 0.0841. The Labute approximate surface area is 352 Å². The molecule has 0 aliphatic carbocycles. The fourth-order valence-corrected chi connectivity index (χ4v) is 9.38. The van der Waals surface area contributed by atoms with E-state index in [1.54, 1.807) is 32.9 Å². The van der Waals surface area contributed by atoms with Crippen molar-refractivity contribution in [2.24, 2.45) is 0 Å². The molecule has 4 aliphatic rings. The Morgan fingerprint density at radius 3 is 2.29 bits per heavy atom. The molecule has 0 N–H and O–H groups in total. The third-order valence-corrected chi connectivity index (χ3v) is 12.1. The van der Waals surface area contributed by atoms with E-state index in [2.05, 4.69) is 20.6 Å². The van der Waals surface area contributed by atoms with Crippen LogP contribution < -0.4 is 9.64 Å². The van der Waals surface area contributed by atoms with Crippen molar-refractivity contribution in [1.82, 2.24) is 24.8 Å². The van der Waals surface area contributed by atoms with E-state index in [0.29, 0.717) is 23.9 Å². The van der Waals surface area contributed by atoms with E-state index in [1.165, 1.54) is 28.0 Å². The first-order valence-electron chi connectivity index (χ1n) is 20.0. The van der Waals surface area contributed by atoms with Gasteiger partial charge in [0, 0.05) is 43.2 Å². The predicted molar refractivity (Wildman–Crippen MR) is 205 cm³/mol. The Hall–Kier alpha value is -5.23. The minimum atomic E-state index is -6.91. The molecule has 0 radical (unpaired) electrons. The second-order valence-electron chi connectivity index (χ2n) is 17.2. The normalized spacial score (nSPS) is 22.2. The zero-order valence-electron chi connectivity index (χ0n) is 33.9. The molecule has 0 saturated carbocycles. The number of ether oxygens (including phenoxy) is 3. The lowest BCUT2D eigenvalue weighted by Crippen LogP contribution is -2.68. The SMILES string of the molecule is C#Cc1c(F)ccc2cccc(-c3nc4c5c(nc(OCC67CCCN6C[C@H](OC(C(F)(F)F)(C(F)(F)F)C(F)(F)F)C7)nc5c3F)N3CCN(C(=O)OC(C)(C)C)CC3CC4)c12. The monoisotopic (exact) mass is 900 g/mol. The first-order chi connectivity index (χ1) is 29.4. The maximum absolute atomic E-state index is 17.3. The maximum atomic E-state index is 17.3. The molecule has 2 unspecified atom stereocenters. The standard InChI is InChI=1S/C42H39F11N6O4/c1-5-25-27(43)12-10-22-8-6-9-26(29(22)25)32-31(44)33-30-28(54-32)13-11-23-19-57(36(60)63-37(2,3)4)16-17-59(23)34(30)56-35(55-33)61-21-38-14-7-15-58(38)20-24(18-38)62-39(40(45,46)47,41(48,49)50)42(51,52)53/h1,6,8-10,12,23-24H,7,11,13-21H2,2-4H3/t23?,24-,38?/m1/s1. The van der Waals surface area contributed by atoms with Crippen molar-refractivity contribution in [3.05, 3.63) is 53.2 Å². The number of fused-ring (bicyclic) bond motifs is 4. The summed E-state index contributed by atoms with van der Waals surface area (Å²) in [6.45, 7) is 4.49. The Balaban J connectivity index is 1.20. The highest BCUT2D eigenvalue weighted by molar-refractivity contribution is 6.03. The molecule has 338 valence electrons. The van der Waals surface area contributed by atoms with Crippen molar-refractivity contribution in [1.29, 1.82) is 0 Å². The highest BCUT2D eigenvalue weighted by atomic mass is 19.4. The zero-order chi connectivity index (χ0) is 45.7. The van der Waals surface area contributed by atoms with Crippen LogP contribution in [-0.4, -0.2) is 118 Å². The largest absolute Gasteiger partial charge is 0.461 e. The van der Waals surface area contributed by atoms with Gasteiger partial charge in [-0.1, -0.05) is 30.2 Å². The average Bonchev–Trinajstić information content (AvgIpc) is 3.68. The molecule has 1 amide bonds. The van der Waals surface area contributed by atoms with Gasteiger partial charge >= 0.3 is 36.2 Å². The molecule has 4 aliphatic heterocycles. The molecule has 2 aromatic carbocycles. The summed E-state index contributed by atoms with van der Waals surface area (Å²) < 4.78 is 173. The van der Waals surface area contributed by atoms with E-state index in [0.717, 1.165) is 0 Å². The summed E-state index contributed by atoms with van der Waals surface area (Å²) in [6.07, 6.45) is -17.4. The quantitative estimate of drug-likeness (QED) is 0.139. The van der Waals surface area contributed by atoms with Gasteiger partial charge in [-0.3, -0.25) is 4.90 Å². The predicted octanol–water partition coefficient (Wildman–Crippen LogP) is 8.90. The third kappa shape index (κ3) is 7.49. The van der Waals surface area contributed by atoms with Crippen molar-refractivity contribution < 1.29 is 67.3 Å². The molecule has 0 bridgehead atoms. The van der Waals surface area contributed by atoms with Gasteiger partial charge in [-0.05, 0) is 70.9 Å². The summed E-state index contributed by atoms with van der Waals surface area (Å²) in [5.41, 5.74) is -8.85. The van der Waals surface area contributed by atoms with Crippen LogP contribution in [0.25, 0.3) is 32.9 Å². The van der Waals surface area contributed by atoms with Gasteiger partial charge in [-0.2, -0.15) is 49.5 Å². The molecule has 0 spiro atoms. The number of aromatic nitrogens is 3. The van der Waals surface area contributed by atoms with E-state index in [4.69, 9.17) is 20.9 Å². The first kappa shape index (κ1) is 44.4. The number of terminal acetylenes is 1. The van der Waals surface area contributed by atoms with Crippen LogP contribution in [0.5, 0.6) is 6.01 Å². The van der Waals surface area contributed by atoms with E-state index >= 15 is 8.78 Å². The summed E-state index contributed by atoms with van der Waals surface area (Å²) in [4.78, 5) is 31.8. The zero-order valence-corrected chi connectivity index (χ0v) is 33.9. The smallest absolute Gasteiger partial charge is 0.435 e. The lowest BCUT2D eigenvalue weighted by atomic mass is 9.93. The minimum Gasteiger partial charge on any atom is -0.461 e. The molecule has 8 rings (SSSR count). The van der Waals surface area contributed by atoms with Crippen molar-refractivity contribution in [3.8, 4) is 29.6 Å². The van der Waals surface area contributed by atoms with E-state index < -0.39 is 90.7 Å². The number of amides is 1. The number of rotatable bonds is 6. The summed E-state index contributed by atoms with van der Waals surface area (Å²) in [5, 5.41) is 0.878. The molecule has 3 fully saturated rings. The number of hydrogen-bond acceptors (Lipinski definition) is 9. The number of nitrogens with zero attached hydrogens (tertiary/aromatic N) is 6. The van der Waals surface area contributed by atoms with Crippen LogP contribution in [0.3, 0.4) is 0 Å². The number of pyridine rings is 1. The Bertz CT molecular complexity index is 2480. The van der Waals surface area contributed by atoms with Gasteiger partial charge in [-0.15, -0.1) is 6.42 Å². The fraction of sp³-hybridized carbons (Fsp3) is 0.524. The number of alkyl halides is 9. The number of carbonyl (C=O) groups is 1. The average molecular weight is 901 g/mol. The second kappa shape index (κ2) is 15.2. The number of halogens is 11. The second-order valence-corrected chi connectivity index (χ2v) is 17.2. The Morgan fingerprint density at radius 2 is 1.62 bits per heavy atom. The van der Waals surface area contributed by atoms with Crippen LogP contribution in [-0.2, 0) is 15.9 Å². The van der Waals surface area contributed by atoms with Crippen LogP contribution >= 0.6 is 0 Å². The number of piperazine rings is 1. The van der Waals surface area contributed by atoms with E-state index in [9.17, 15) is 44.3 Å². The summed E-state index contributed by atoms with van der Waals surface area (Å²) >= 11 is 0. The summed E-state index contributed by atoms with van der Waals surface area (Å²) in [5.74, 6) is 0.774. The van der Waals surface area contributed by atoms with E-state index in [1.807, 2.05) is 4.90 Å². The highest BCUT2D eigenvalue weighted by Gasteiger charge is 2.86. The molecular formula is C42H39F11N6O4. The molecular weight excluding hydrogens is 861 g/mol. The van der Waals surface area contributed by atoms with Crippen molar-refractivity contribution in [3.63, 3.8) is 0 Å². The molecule has 21 heteroatoms. The van der Waals surface area contributed by atoms with Crippen molar-refractivity contribution in [2.45, 2.75) is 100 Å². The number of carbonyl (C=O) groups excluding carboxylic acids is 1. The Morgan fingerprint density at radius 1 is 0.905 bits per heavy atom. The number of benzene rings is 2. The lowest BCUT2D eigenvalue weighted by Gasteiger charge is -2.41. The van der Waals surface area contributed by atoms with Crippen LogP contribution in [0, 0.1) is 24.0 Å². The topological polar surface area (TPSA) is 93.2 Å². The van der Waals surface area contributed by atoms with E-state index in [-0.39, 0.29) is 77.9 Å². The number of anilines is 1. The van der Waals surface area contributed by atoms with Crippen LogP contribution in [0.2, 0.25) is 0 Å². The molecule has 3 saturated heterocycles. The van der Waals surface area contributed by atoms with Gasteiger partial charge in [-0.25, -0.2) is 18.6 Å². The van der Waals surface area contributed by atoms with Gasteiger partial charge in [0.15, 0.2) is 5.82 Å². The van der Waals surface area contributed by atoms with Gasteiger partial charge in [0.2, 0.25) is 0 Å². The summed E-state index contributed by atoms with van der Waals surface area (Å²) in [7, 11) is 0. The van der Waals surface area contributed by atoms with Crippen molar-refractivity contribution in [2.75, 3.05) is 44.2 Å². The summed E-state index contributed by atoms with van der Waals surface area (Å²) in [6, 6.07) is 6.54. The lowest BCUT2D eigenvalue weighted by molar-refractivity contribution is -0.463. The van der Waals surface area contributed by atoms with Gasteiger partial charge < -0.3 is 24.0 Å². The highest BCUT2D eigenvalue weighted by Crippen LogP contribution is 2.57. The van der Waals surface area contributed by atoms with Gasteiger partial charge in [0.1, 0.15) is 35.1 Å². The molecule has 6 heterocycles. The van der Waals surface area contributed by atoms with Gasteiger partial charge in [0.05, 0.1) is 28.3 Å². The molecule has 10 nitrogen and oxygen atoms in total. The van der Waals surface area contributed by atoms with Crippen LogP contribution in [0.15, 0.2) is 30.3 Å². The van der Waals surface area contributed by atoms with Crippen LogP contribution in [0.4, 0.5) is 58.9 Å². The number of hydrogen-bond donors (Lipinski definition) is 0. The first-order valence-corrected chi connectivity index (χ1v) is 20.0. The van der Waals surface area contributed by atoms with Crippen molar-refractivity contribution >= 4 is 33.6 Å². The molecule has 2 aromatic heterocycles. The third-order valence-electron chi connectivity index (χ3n) is 12.1. The Kier molecular flexibility index (Phi) is 10.7. The fourth-order valence-electron chi connectivity index (χ4n) is 9.38. The number of aryl methyl sites for hydroxylation is 1. The maximum Gasteiger partial charge on any atom is 0.435 e. The molecule has 3 atom stereocenters.